The number of nitrogens with zero attached hydrogens (tertiary/aromatic N) is 1. The van der Waals surface area contributed by atoms with E-state index in [1.807, 2.05) is 6.92 Å². The first kappa shape index (κ1) is 14.8. The molecular formula is C15H28N2O2. The number of rotatable bonds is 5. The molecule has 2 rings (SSSR count). The van der Waals surface area contributed by atoms with Gasteiger partial charge >= 0.3 is 0 Å². The number of nitrogens with one attached hydrogen (secondary N) is 1. The Labute approximate surface area is 116 Å². The van der Waals surface area contributed by atoms with Crippen molar-refractivity contribution in [1.29, 1.82) is 0 Å². The molecule has 1 saturated carbocycles. The summed E-state index contributed by atoms with van der Waals surface area (Å²) in [7, 11) is 0. The number of aliphatic hydroxyl groups excluding tert-OH is 1. The van der Waals surface area contributed by atoms with Gasteiger partial charge in [-0.05, 0) is 39.2 Å². The Hall–Kier alpha value is -0.610. The summed E-state index contributed by atoms with van der Waals surface area (Å²) in [6, 6.07) is 0.501. The molecule has 0 spiro atoms. The molecule has 4 nitrogen and oxygen atoms in total. The molecule has 1 saturated heterocycles. The first-order valence-corrected chi connectivity index (χ1v) is 7.91. The molecule has 0 radical (unpaired) electrons. The molecular weight excluding hydrogens is 240 g/mol. The summed E-state index contributed by atoms with van der Waals surface area (Å²) in [4.78, 5) is 14.0. The second-order valence-electron chi connectivity index (χ2n) is 5.96. The van der Waals surface area contributed by atoms with Crippen LogP contribution in [0, 0.1) is 5.92 Å². The lowest BCUT2D eigenvalue weighted by Crippen LogP contribution is -2.47. The third-order valence-electron chi connectivity index (χ3n) is 4.69. The van der Waals surface area contributed by atoms with Gasteiger partial charge < -0.3 is 10.4 Å². The SMILES string of the molecule is CCNC(=O)CCN1CCCCC1C1CCCC1O. The number of hydrogen-bond acceptors (Lipinski definition) is 3. The smallest absolute Gasteiger partial charge is 0.221 e. The normalized spacial score (nSPS) is 32.4. The maximum atomic E-state index is 11.6. The van der Waals surface area contributed by atoms with Gasteiger partial charge in [0.2, 0.25) is 5.91 Å². The van der Waals surface area contributed by atoms with Gasteiger partial charge in [-0.1, -0.05) is 12.8 Å². The second kappa shape index (κ2) is 7.25. The van der Waals surface area contributed by atoms with Gasteiger partial charge in [0.15, 0.2) is 0 Å². The summed E-state index contributed by atoms with van der Waals surface area (Å²) in [6.45, 7) is 4.60. The third-order valence-corrected chi connectivity index (χ3v) is 4.69. The topological polar surface area (TPSA) is 52.6 Å². The van der Waals surface area contributed by atoms with Gasteiger partial charge in [-0.3, -0.25) is 9.69 Å². The largest absolute Gasteiger partial charge is 0.393 e. The number of likely N-dealkylation sites (tertiary alicyclic amines) is 1. The minimum Gasteiger partial charge on any atom is -0.393 e. The first-order valence-electron chi connectivity index (χ1n) is 7.91. The molecule has 110 valence electrons. The lowest BCUT2D eigenvalue weighted by atomic mass is 9.87. The number of carbonyl (C=O) groups is 1. The van der Waals surface area contributed by atoms with Gasteiger partial charge in [-0.2, -0.15) is 0 Å². The average molecular weight is 268 g/mol. The third kappa shape index (κ3) is 3.93. The lowest BCUT2D eigenvalue weighted by molar-refractivity contribution is -0.121. The highest BCUT2D eigenvalue weighted by Crippen LogP contribution is 2.35. The highest BCUT2D eigenvalue weighted by atomic mass is 16.3. The summed E-state index contributed by atoms with van der Waals surface area (Å²) in [6.07, 6.45) is 7.45. The van der Waals surface area contributed by atoms with Gasteiger partial charge in [0, 0.05) is 31.5 Å². The van der Waals surface area contributed by atoms with E-state index in [2.05, 4.69) is 10.2 Å². The highest BCUT2D eigenvalue weighted by molar-refractivity contribution is 5.75. The Morgan fingerprint density at radius 1 is 1.26 bits per heavy atom. The van der Waals surface area contributed by atoms with Crippen molar-refractivity contribution >= 4 is 5.91 Å². The Kier molecular flexibility index (Phi) is 5.64. The summed E-state index contributed by atoms with van der Waals surface area (Å²) in [5.74, 6) is 0.591. The maximum Gasteiger partial charge on any atom is 0.221 e. The Bertz CT molecular complexity index is 296. The molecule has 3 unspecified atom stereocenters. The molecule has 2 N–H and O–H groups in total. The molecule has 4 heteroatoms. The molecule has 1 aliphatic carbocycles. The van der Waals surface area contributed by atoms with E-state index in [0.717, 1.165) is 32.4 Å². The van der Waals surface area contributed by atoms with E-state index in [1.165, 1.54) is 19.3 Å². The number of piperidine rings is 1. The number of carbonyl (C=O) groups excluding carboxylic acids is 1. The van der Waals surface area contributed by atoms with E-state index in [0.29, 0.717) is 24.9 Å². The van der Waals surface area contributed by atoms with Crippen LogP contribution in [0.15, 0.2) is 0 Å². The van der Waals surface area contributed by atoms with Crippen molar-refractivity contribution in [2.24, 2.45) is 5.92 Å². The van der Waals surface area contributed by atoms with Crippen LogP contribution in [0.3, 0.4) is 0 Å². The highest BCUT2D eigenvalue weighted by Gasteiger charge is 2.36. The van der Waals surface area contributed by atoms with E-state index >= 15 is 0 Å². The van der Waals surface area contributed by atoms with Crippen LogP contribution in [0.2, 0.25) is 0 Å². The van der Waals surface area contributed by atoms with Crippen LogP contribution in [-0.2, 0) is 4.79 Å². The molecule has 1 heterocycles. The van der Waals surface area contributed by atoms with Gasteiger partial charge in [-0.15, -0.1) is 0 Å². The summed E-state index contributed by atoms with van der Waals surface area (Å²) in [5, 5.41) is 13.0. The van der Waals surface area contributed by atoms with Crippen LogP contribution in [0.25, 0.3) is 0 Å². The van der Waals surface area contributed by atoms with Crippen molar-refractivity contribution < 1.29 is 9.90 Å². The number of amides is 1. The molecule has 3 atom stereocenters. The van der Waals surface area contributed by atoms with Crippen LogP contribution in [0.4, 0.5) is 0 Å². The zero-order valence-electron chi connectivity index (χ0n) is 12.1. The zero-order valence-corrected chi connectivity index (χ0v) is 12.1. The Morgan fingerprint density at radius 2 is 2.11 bits per heavy atom. The molecule has 0 aromatic rings. The second-order valence-corrected chi connectivity index (χ2v) is 5.96. The molecule has 2 fully saturated rings. The van der Waals surface area contributed by atoms with Gasteiger partial charge in [0.25, 0.3) is 0 Å². The standard InChI is InChI=1S/C15H28N2O2/c1-2-16-15(19)9-11-17-10-4-3-7-13(17)12-6-5-8-14(12)18/h12-14,18H,2-11H2,1H3,(H,16,19). The van der Waals surface area contributed by atoms with Crippen molar-refractivity contribution in [1.82, 2.24) is 10.2 Å². The van der Waals surface area contributed by atoms with Crippen molar-refractivity contribution in [2.45, 2.75) is 64.0 Å². The Morgan fingerprint density at radius 3 is 2.79 bits per heavy atom. The van der Waals surface area contributed by atoms with Gasteiger partial charge in [0.1, 0.15) is 0 Å². The predicted molar refractivity (Wildman–Crippen MR) is 75.9 cm³/mol. The van der Waals surface area contributed by atoms with Crippen LogP contribution in [-0.4, -0.2) is 47.7 Å². The monoisotopic (exact) mass is 268 g/mol. The van der Waals surface area contributed by atoms with Crippen molar-refractivity contribution in [2.75, 3.05) is 19.6 Å². The van der Waals surface area contributed by atoms with Crippen molar-refractivity contribution in [3.8, 4) is 0 Å². The van der Waals surface area contributed by atoms with E-state index in [-0.39, 0.29) is 12.0 Å². The number of hydrogen-bond donors (Lipinski definition) is 2. The quantitative estimate of drug-likeness (QED) is 0.795. The van der Waals surface area contributed by atoms with Crippen LogP contribution >= 0.6 is 0 Å². The van der Waals surface area contributed by atoms with Crippen molar-refractivity contribution in [3.05, 3.63) is 0 Å². The molecule has 0 aromatic heterocycles. The lowest BCUT2D eigenvalue weighted by Gasteiger charge is -2.40. The van der Waals surface area contributed by atoms with Crippen LogP contribution in [0.5, 0.6) is 0 Å². The molecule has 0 bridgehead atoms. The van der Waals surface area contributed by atoms with Gasteiger partial charge in [-0.25, -0.2) is 0 Å². The number of aliphatic hydroxyl groups is 1. The van der Waals surface area contributed by atoms with E-state index in [9.17, 15) is 9.90 Å². The molecule has 1 aliphatic heterocycles. The minimum atomic E-state index is -0.116. The average Bonchev–Trinajstić information content (AvgIpc) is 2.83. The fraction of sp³-hybridized carbons (Fsp3) is 0.933. The molecule has 2 aliphatic rings. The summed E-state index contributed by atoms with van der Waals surface area (Å²) >= 11 is 0. The van der Waals surface area contributed by atoms with Gasteiger partial charge in [0.05, 0.1) is 6.10 Å². The predicted octanol–water partition coefficient (Wildman–Crippen LogP) is 1.53. The van der Waals surface area contributed by atoms with E-state index in [4.69, 9.17) is 0 Å². The Balaban J connectivity index is 1.87. The van der Waals surface area contributed by atoms with Crippen LogP contribution < -0.4 is 5.32 Å². The van der Waals surface area contributed by atoms with Crippen molar-refractivity contribution in [3.63, 3.8) is 0 Å². The maximum absolute atomic E-state index is 11.6. The fourth-order valence-electron chi connectivity index (χ4n) is 3.73. The minimum absolute atomic E-state index is 0.116. The summed E-state index contributed by atoms with van der Waals surface area (Å²) in [5.41, 5.74) is 0. The van der Waals surface area contributed by atoms with E-state index in [1.54, 1.807) is 0 Å². The first-order chi connectivity index (χ1) is 9.22. The van der Waals surface area contributed by atoms with E-state index < -0.39 is 0 Å². The van der Waals surface area contributed by atoms with Crippen LogP contribution in [0.1, 0.15) is 51.9 Å². The zero-order chi connectivity index (χ0) is 13.7. The summed E-state index contributed by atoms with van der Waals surface area (Å²) < 4.78 is 0. The molecule has 0 aromatic carbocycles. The molecule has 19 heavy (non-hydrogen) atoms. The fourth-order valence-corrected chi connectivity index (χ4v) is 3.73. The molecule has 1 amide bonds.